The third-order valence-corrected chi connectivity index (χ3v) is 3.58. The van der Waals surface area contributed by atoms with E-state index in [4.69, 9.17) is 9.15 Å². The molecule has 0 saturated carbocycles. The minimum absolute atomic E-state index is 0.471. The second-order valence-electron chi connectivity index (χ2n) is 5.01. The van der Waals surface area contributed by atoms with E-state index in [1.165, 1.54) is 6.08 Å². The number of ether oxygens (including phenoxy) is 1. The zero-order valence-corrected chi connectivity index (χ0v) is 14.1. The number of imidazole rings is 1. The van der Waals surface area contributed by atoms with E-state index in [9.17, 15) is 4.79 Å². The molecule has 0 fully saturated rings. The van der Waals surface area contributed by atoms with Crippen molar-refractivity contribution >= 4 is 39.1 Å². The SMILES string of the molecule is Cc1ccc(/C=C/C(=O)OC(C)c2nc3ncc(Br)cc3[nH]2)o1. The first-order valence-electron chi connectivity index (χ1n) is 6.97. The number of fused-ring (bicyclic) bond motifs is 1. The lowest BCUT2D eigenvalue weighted by atomic mass is 10.3. The molecule has 1 unspecified atom stereocenters. The van der Waals surface area contributed by atoms with Gasteiger partial charge in [0.15, 0.2) is 11.8 Å². The molecule has 0 aliphatic rings. The van der Waals surface area contributed by atoms with Gasteiger partial charge >= 0.3 is 5.97 Å². The van der Waals surface area contributed by atoms with Crippen LogP contribution in [0.1, 0.15) is 30.4 Å². The number of halogens is 1. The van der Waals surface area contributed by atoms with Crippen LogP contribution in [0.5, 0.6) is 0 Å². The minimum atomic E-state index is -0.515. The molecular weight excluding hydrogens is 362 g/mol. The number of pyridine rings is 1. The van der Waals surface area contributed by atoms with Gasteiger partial charge in [-0.2, -0.15) is 0 Å². The number of hydrogen-bond donors (Lipinski definition) is 1. The van der Waals surface area contributed by atoms with Gasteiger partial charge in [-0.05, 0) is 54.1 Å². The van der Waals surface area contributed by atoms with E-state index in [0.29, 0.717) is 17.2 Å². The zero-order valence-electron chi connectivity index (χ0n) is 12.5. The first kappa shape index (κ1) is 15.5. The highest BCUT2D eigenvalue weighted by molar-refractivity contribution is 9.10. The third kappa shape index (κ3) is 3.68. The number of carbonyl (C=O) groups excluding carboxylic acids is 1. The van der Waals surface area contributed by atoms with Gasteiger partial charge in [0.25, 0.3) is 0 Å². The average Bonchev–Trinajstić information content (AvgIpc) is 3.10. The summed E-state index contributed by atoms with van der Waals surface area (Å²) in [4.78, 5) is 23.5. The monoisotopic (exact) mass is 375 g/mol. The van der Waals surface area contributed by atoms with Crippen molar-refractivity contribution in [2.75, 3.05) is 0 Å². The van der Waals surface area contributed by atoms with E-state index >= 15 is 0 Å². The fraction of sp³-hybridized carbons (Fsp3) is 0.188. The topological polar surface area (TPSA) is 81.0 Å². The molecular formula is C16H14BrN3O3. The van der Waals surface area contributed by atoms with Gasteiger partial charge < -0.3 is 14.1 Å². The van der Waals surface area contributed by atoms with Crippen molar-refractivity contribution < 1.29 is 13.9 Å². The van der Waals surface area contributed by atoms with Crippen LogP contribution in [0, 0.1) is 6.92 Å². The van der Waals surface area contributed by atoms with E-state index < -0.39 is 12.1 Å². The summed E-state index contributed by atoms with van der Waals surface area (Å²) in [5, 5.41) is 0. The van der Waals surface area contributed by atoms with Gasteiger partial charge in [-0.15, -0.1) is 0 Å². The average molecular weight is 376 g/mol. The lowest BCUT2D eigenvalue weighted by Gasteiger charge is -2.08. The highest BCUT2D eigenvalue weighted by Crippen LogP contribution is 2.20. The highest BCUT2D eigenvalue weighted by atomic mass is 79.9. The molecule has 1 N–H and O–H groups in total. The summed E-state index contributed by atoms with van der Waals surface area (Å²) in [6.45, 7) is 3.58. The Morgan fingerprint density at radius 2 is 2.30 bits per heavy atom. The zero-order chi connectivity index (χ0) is 16.4. The number of hydrogen-bond acceptors (Lipinski definition) is 5. The van der Waals surface area contributed by atoms with E-state index in [2.05, 4.69) is 30.9 Å². The minimum Gasteiger partial charge on any atom is -0.462 e. The molecule has 118 valence electrons. The molecule has 0 radical (unpaired) electrons. The Balaban J connectivity index is 1.68. The second kappa shape index (κ2) is 6.37. The molecule has 3 rings (SSSR count). The quantitative estimate of drug-likeness (QED) is 0.551. The molecule has 1 atom stereocenters. The predicted molar refractivity (Wildman–Crippen MR) is 88.6 cm³/mol. The van der Waals surface area contributed by atoms with Crippen molar-refractivity contribution in [1.29, 1.82) is 0 Å². The molecule has 0 aliphatic heterocycles. The molecule has 23 heavy (non-hydrogen) atoms. The largest absolute Gasteiger partial charge is 0.462 e. The Bertz CT molecular complexity index is 882. The maximum absolute atomic E-state index is 11.9. The van der Waals surface area contributed by atoms with Crippen LogP contribution >= 0.6 is 15.9 Å². The van der Waals surface area contributed by atoms with E-state index in [1.807, 2.05) is 19.1 Å². The third-order valence-electron chi connectivity index (χ3n) is 3.15. The van der Waals surface area contributed by atoms with Crippen LogP contribution in [0.25, 0.3) is 17.2 Å². The standard InChI is InChI=1S/C16H14BrN3O3/c1-9-3-4-12(22-9)5-6-14(21)23-10(2)15-19-13-7-11(17)8-18-16(13)20-15/h3-8,10H,1-2H3,(H,18,19,20)/b6-5+. The molecule has 0 amide bonds. The van der Waals surface area contributed by atoms with E-state index in [1.54, 1.807) is 25.3 Å². The van der Waals surface area contributed by atoms with Crippen LogP contribution in [0.4, 0.5) is 0 Å². The van der Waals surface area contributed by atoms with Crippen molar-refractivity contribution in [3.63, 3.8) is 0 Å². The molecule has 0 spiro atoms. The molecule has 3 aromatic rings. The van der Waals surface area contributed by atoms with Gasteiger partial charge in [0.2, 0.25) is 0 Å². The second-order valence-corrected chi connectivity index (χ2v) is 5.92. The van der Waals surface area contributed by atoms with Crippen molar-refractivity contribution in [2.24, 2.45) is 0 Å². The molecule has 3 aromatic heterocycles. The Hall–Kier alpha value is -2.41. The summed E-state index contributed by atoms with van der Waals surface area (Å²) in [6, 6.07) is 5.48. The number of aromatic amines is 1. The van der Waals surface area contributed by atoms with Crippen LogP contribution in [0.15, 0.2) is 39.4 Å². The molecule has 3 heterocycles. The molecule has 0 saturated heterocycles. The fourth-order valence-electron chi connectivity index (χ4n) is 2.05. The fourth-order valence-corrected chi connectivity index (χ4v) is 2.38. The number of rotatable bonds is 4. The highest BCUT2D eigenvalue weighted by Gasteiger charge is 2.15. The summed E-state index contributed by atoms with van der Waals surface area (Å²) < 4.78 is 11.5. The van der Waals surface area contributed by atoms with Crippen molar-refractivity contribution in [2.45, 2.75) is 20.0 Å². The number of nitrogens with zero attached hydrogens (tertiary/aromatic N) is 2. The Labute approximate surface area is 140 Å². The van der Waals surface area contributed by atoms with E-state index in [0.717, 1.165) is 15.7 Å². The first-order valence-corrected chi connectivity index (χ1v) is 7.77. The number of nitrogens with one attached hydrogen (secondary N) is 1. The Kier molecular flexibility index (Phi) is 4.29. The normalized spacial score (nSPS) is 12.8. The number of carbonyl (C=O) groups is 1. The summed E-state index contributed by atoms with van der Waals surface area (Å²) in [6.07, 6.45) is 4.04. The maximum Gasteiger partial charge on any atom is 0.331 e. The molecule has 6 nitrogen and oxygen atoms in total. The van der Waals surface area contributed by atoms with Gasteiger partial charge in [0.1, 0.15) is 17.3 Å². The number of esters is 1. The Morgan fingerprint density at radius 1 is 1.48 bits per heavy atom. The molecule has 0 aliphatic carbocycles. The van der Waals surface area contributed by atoms with Gasteiger partial charge in [-0.3, -0.25) is 0 Å². The van der Waals surface area contributed by atoms with Gasteiger partial charge in [0, 0.05) is 16.7 Å². The van der Waals surface area contributed by atoms with Crippen molar-refractivity contribution in [3.8, 4) is 0 Å². The number of furan rings is 1. The van der Waals surface area contributed by atoms with Crippen molar-refractivity contribution in [1.82, 2.24) is 15.0 Å². The maximum atomic E-state index is 11.9. The van der Waals surface area contributed by atoms with Crippen LogP contribution in [-0.4, -0.2) is 20.9 Å². The number of aromatic nitrogens is 3. The molecule has 0 bridgehead atoms. The predicted octanol–water partition coefficient (Wildman–Crippen LogP) is 3.94. The van der Waals surface area contributed by atoms with E-state index in [-0.39, 0.29) is 0 Å². The van der Waals surface area contributed by atoms with Crippen LogP contribution < -0.4 is 0 Å². The van der Waals surface area contributed by atoms with Crippen molar-refractivity contribution in [3.05, 3.63) is 52.3 Å². The van der Waals surface area contributed by atoms with Crippen LogP contribution in [0.2, 0.25) is 0 Å². The lowest BCUT2D eigenvalue weighted by Crippen LogP contribution is -2.07. The lowest BCUT2D eigenvalue weighted by molar-refractivity contribution is -0.142. The van der Waals surface area contributed by atoms with Crippen LogP contribution in [0.3, 0.4) is 0 Å². The summed E-state index contributed by atoms with van der Waals surface area (Å²) in [7, 11) is 0. The molecule has 7 heteroatoms. The Morgan fingerprint density at radius 3 is 3.04 bits per heavy atom. The smallest absolute Gasteiger partial charge is 0.331 e. The first-order chi connectivity index (χ1) is 11.0. The summed E-state index contributed by atoms with van der Waals surface area (Å²) >= 11 is 3.35. The van der Waals surface area contributed by atoms with Gasteiger partial charge in [0.05, 0.1) is 5.52 Å². The summed E-state index contributed by atoms with van der Waals surface area (Å²) in [5.74, 6) is 1.46. The van der Waals surface area contributed by atoms with Gasteiger partial charge in [-0.1, -0.05) is 0 Å². The van der Waals surface area contributed by atoms with Crippen LogP contribution in [-0.2, 0) is 9.53 Å². The summed E-state index contributed by atoms with van der Waals surface area (Å²) in [5.41, 5.74) is 1.35. The van der Waals surface area contributed by atoms with Gasteiger partial charge in [-0.25, -0.2) is 14.8 Å². The molecule has 0 aromatic carbocycles. The number of H-pyrrole nitrogens is 1. The number of aryl methyl sites for hydroxylation is 1.